The van der Waals surface area contributed by atoms with Gasteiger partial charge in [-0.15, -0.1) is 0 Å². The molecule has 0 aliphatic rings. The number of aromatic nitrogens is 2. The van der Waals surface area contributed by atoms with Crippen LogP contribution < -0.4 is 4.57 Å². The van der Waals surface area contributed by atoms with Crippen molar-refractivity contribution in [2.45, 2.75) is 13.1 Å². The van der Waals surface area contributed by atoms with Crippen LogP contribution in [0.15, 0.2) is 30.5 Å². The number of halogens is 3. The van der Waals surface area contributed by atoms with Crippen LogP contribution in [0, 0.1) is 6.92 Å². The van der Waals surface area contributed by atoms with Crippen LogP contribution in [-0.2, 0) is 20.3 Å². The van der Waals surface area contributed by atoms with Gasteiger partial charge < -0.3 is 4.57 Å². The fraction of sp³-hybridized carbons (Fsp3) is 0.308. The molecule has 2 rings (SSSR count). The van der Waals surface area contributed by atoms with Gasteiger partial charge in [-0.05, 0) is 19.1 Å². The minimum absolute atomic E-state index is 0.197. The SMILES string of the molecule is Cc1cc(C(F)(F)F)c(-c2cccc[n+]2C)n1C. The lowest BCUT2D eigenvalue weighted by Gasteiger charge is -2.09. The van der Waals surface area contributed by atoms with E-state index in [2.05, 4.69) is 0 Å². The molecule has 0 saturated heterocycles. The third-order valence-electron chi connectivity index (χ3n) is 3.08. The van der Waals surface area contributed by atoms with Gasteiger partial charge in [0.2, 0.25) is 5.69 Å². The molecule has 2 heterocycles. The minimum atomic E-state index is -4.34. The molecule has 0 N–H and O–H groups in total. The maximum Gasteiger partial charge on any atom is 0.418 e. The summed E-state index contributed by atoms with van der Waals surface area (Å²) in [5.74, 6) is 0. The average molecular weight is 255 g/mol. The maximum atomic E-state index is 13.0. The maximum absolute atomic E-state index is 13.0. The molecule has 2 nitrogen and oxygen atoms in total. The van der Waals surface area contributed by atoms with E-state index < -0.39 is 11.7 Å². The summed E-state index contributed by atoms with van der Waals surface area (Å²) in [6.07, 6.45) is -2.61. The molecule has 0 fully saturated rings. The quantitative estimate of drug-likeness (QED) is 0.693. The van der Waals surface area contributed by atoms with Crippen LogP contribution in [0.3, 0.4) is 0 Å². The van der Waals surface area contributed by atoms with Gasteiger partial charge in [0, 0.05) is 24.9 Å². The molecule has 0 radical (unpaired) electrons. The zero-order chi connectivity index (χ0) is 13.5. The number of nitrogens with zero attached hydrogens (tertiary/aromatic N) is 2. The van der Waals surface area contributed by atoms with E-state index in [-0.39, 0.29) is 5.69 Å². The van der Waals surface area contributed by atoms with Crippen LogP contribution in [0.5, 0.6) is 0 Å². The summed E-state index contributed by atoms with van der Waals surface area (Å²) in [4.78, 5) is 0. The lowest BCUT2D eigenvalue weighted by Crippen LogP contribution is -2.31. The van der Waals surface area contributed by atoms with Crippen molar-refractivity contribution in [3.05, 3.63) is 41.7 Å². The highest BCUT2D eigenvalue weighted by Crippen LogP contribution is 2.37. The number of hydrogen-bond donors (Lipinski definition) is 0. The van der Waals surface area contributed by atoms with Crippen LogP contribution in [-0.4, -0.2) is 4.57 Å². The Hall–Kier alpha value is -1.78. The molecule has 0 aromatic carbocycles. The third-order valence-corrected chi connectivity index (χ3v) is 3.08. The molecule has 2 aromatic heterocycles. The second-order valence-electron chi connectivity index (χ2n) is 4.30. The first-order valence-corrected chi connectivity index (χ1v) is 5.51. The van der Waals surface area contributed by atoms with E-state index >= 15 is 0 Å². The van der Waals surface area contributed by atoms with E-state index in [4.69, 9.17) is 0 Å². The fourth-order valence-corrected chi connectivity index (χ4v) is 2.03. The molecular weight excluding hydrogens is 241 g/mol. The molecule has 0 amide bonds. The predicted octanol–water partition coefficient (Wildman–Crippen LogP) is 2.84. The zero-order valence-electron chi connectivity index (χ0n) is 10.4. The highest BCUT2D eigenvalue weighted by Gasteiger charge is 2.38. The molecule has 0 saturated carbocycles. The number of rotatable bonds is 1. The van der Waals surface area contributed by atoms with Crippen molar-refractivity contribution in [3.8, 4) is 11.4 Å². The zero-order valence-corrected chi connectivity index (χ0v) is 10.4. The van der Waals surface area contributed by atoms with E-state index in [9.17, 15) is 13.2 Å². The van der Waals surface area contributed by atoms with Crippen LogP contribution in [0.25, 0.3) is 11.4 Å². The van der Waals surface area contributed by atoms with Gasteiger partial charge >= 0.3 is 6.18 Å². The van der Waals surface area contributed by atoms with Gasteiger partial charge in [-0.3, -0.25) is 0 Å². The minimum Gasteiger partial charge on any atom is -0.343 e. The fourth-order valence-electron chi connectivity index (χ4n) is 2.03. The molecule has 0 aliphatic heterocycles. The Kier molecular flexibility index (Phi) is 2.92. The van der Waals surface area contributed by atoms with Crippen LogP contribution in [0.1, 0.15) is 11.3 Å². The summed E-state index contributed by atoms with van der Waals surface area (Å²) in [6.45, 7) is 1.67. The monoisotopic (exact) mass is 255 g/mol. The summed E-state index contributed by atoms with van der Waals surface area (Å²) in [6, 6.07) is 6.39. The molecule has 0 bridgehead atoms. The Morgan fingerprint density at radius 3 is 2.44 bits per heavy atom. The number of hydrogen-bond acceptors (Lipinski definition) is 0. The Balaban J connectivity index is 2.75. The Morgan fingerprint density at radius 2 is 1.89 bits per heavy atom. The van der Waals surface area contributed by atoms with Crippen molar-refractivity contribution >= 4 is 0 Å². The first-order valence-electron chi connectivity index (χ1n) is 5.51. The van der Waals surface area contributed by atoms with Crippen LogP contribution in [0.4, 0.5) is 13.2 Å². The second-order valence-corrected chi connectivity index (χ2v) is 4.30. The Morgan fingerprint density at radius 1 is 1.22 bits per heavy atom. The summed E-state index contributed by atoms with van der Waals surface area (Å²) < 4.78 is 42.4. The van der Waals surface area contributed by atoms with Gasteiger partial charge in [0.25, 0.3) is 0 Å². The first kappa shape index (κ1) is 12.7. The highest BCUT2D eigenvalue weighted by atomic mass is 19.4. The molecule has 2 aromatic rings. The number of aryl methyl sites for hydroxylation is 2. The van der Waals surface area contributed by atoms with Crippen molar-refractivity contribution in [2.75, 3.05) is 0 Å². The van der Waals surface area contributed by atoms with Gasteiger partial charge in [-0.1, -0.05) is 0 Å². The molecule has 18 heavy (non-hydrogen) atoms. The lowest BCUT2D eigenvalue weighted by molar-refractivity contribution is -0.660. The van der Waals surface area contributed by atoms with E-state index in [1.165, 1.54) is 6.07 Å². The molecule has 0 atom stereocenters. The summed E-state index contributed by atoms with van der Waals surface area (Å²) in [5.41, 5.74) is 0.731. The van der Waals surface area contributed by atoms with Crippen molar-refractivity contribution < 1.29 is 17.7 Å². The normalized spacial score (nSPS) is 11.9. The largest absolute Gasteiger partial charge is 0.418 e. The molecular formula is C13H14F3N2+. The van der Waals surface area contributed by atoms with E-state index in [1.807, 2.05) is 0 Å². The van der Waals surface area contributed by atoms with Crippen molar-refractivity contribution in [2.24, 2.45) is 14.1 Å². The van der Waals surface area contributed by atoms with Gasteiger partial charge in [0.15, 0.2) is 6.20 Å². The van der Waals surface area contributed by atoms with Crippen LogP contribution in [0.2, 0.25) is 0 Å². The van der Waals surface area contributed by atoms with Gasteiger partial charge in [0.1, 0.15) is 12.7 Å². The standard InChI is InChI=1S/C13H14F3N2/c1-9-8-10(13(14,15)16)12(18(9)3)11-6-4-5-7-17(11)2/h4-8H,1-3H3/q+1. The molecule has 0 unspecified atom stereocenters. The lowest BCUT2D eigenvalue weighted by atomic mass is 10.1. The Labute approximate surface area is 103 Å². The van der Waals surface area contributed by atoms with Gasteiger partial charge in [-0.25, -0.2) is 0 Å². The topological polar surface area (TPSA) is 8.81 Å². The molecule has 5 heteroatoms. The molecule has 0 aliphatic carbocycles. The van der Waals surface area contributed by atoms with Gasteiger partial charge in [0.05, 0.1) is 5.56 Å². The van der Waals surface area contributed by atoms with Crippen molar-refractivity contribution in [1.82, 2.24) is 4.57 Å². The van der Waals surface area contributed by atoms with E-state index in [1.54, 1.807) is 54.5 Å². The second kappa shape index (κ2) is 4.15. The number of pyridine rings is 1. The van der Waals surface area contributed by atoms with E-state index in [0.717, 1.165) is 0 Å². The molecule has 0 spiro atoms. The Bertz CT molecular complexity index is 582. The van der Waals surface area contributed by atoms with Gasteiger partial charge in [-0.2, -0.15) is 17.7 Å². The van der Waals surface area contributed by atoms with Crippen molar-refractivity contribution in [3.63, 3.8) is 0 Å². The van der Waals surface area contributed by atoms with Crippen molar-refractivity contribution in [1.29, 1.82) is 0 Å². The van der Waals surface area contributed by atoms with E-state index in [0.29, 0.717) is 11.4 Å². The first-order chi connectivity index (χ1) is 8.32. The summed E-state index contributed by atoms with van der Waals surface area (Å²) in [7, 11) is 3.38. The molecule has 96 valence electrons. The average Bonchev–Trinajstić information content (AvgIpc) is 2.57. The van der Waals surface area contributed by atoms with Crippen LogP contribution >= 0.6 is 0 Å². The third kappa shape index (κ3) is 2.00. The summed E-state index contributed by atoms with van der Waals surface area (Å²) >= 11 is 0. The number of alkyl halides is 3. The predicted molar refractivity (Wildman–Crippen MR) is 61.8 cm³/mol. The summed E-state index contributed by atoms with van der Waals surface area (Å²) in [5, 5.41) is 0. The smallest absolute Gasteiger partial charge is 0.343 e. The highest BCUT2D eigenvalue weighted by molar-refractivity contribution is 5.59.